The van der Waals surface area contributed by atoms with Gasteiger partial charge in [0.05, 0.1) is 20.1 Å². The molecule has 0 aromatic carbocycles. The second-order valence-electron chi connectivity index (χ2n) is 1.83. The van der Waals surface area contributed by atoms with Gasteiger partial charge in [-0.05, 0) is 0 Å². The van der Waals surface area contributed by atoms with Crippen molar-refractivity contribution in [2.75, 3.05) is 0 Å². The van der Waals surface area contributed by atoms with E-state index >= 15 is 0 Å². The molecule has 0 saturated carbocycles. The molecular formula is C5Cl6. The fourth-order valence-corrected chi connectivity index (χ4v) is 2.13. The first-order valence-electron chi connectivity index (χ1n) is 2.38. The first kappa shape index (κ1) is 10.3. The van der Waals surface area contributed by atoms with E-state index in [1.165, 1.54) is 0 Å². The van der Waals surface area contributed by atoms with Gasteiger partial charge in [0.2, 0.25) is 0 Å². The highest BCUT2D eigenvalue weighted by Gasteiger charge is 2.42. The monoisotopic (exact) mass is 275 g/mol. The van der Waals surface area contributed by atoms with Crippen molar-refractivity contribution in [1.82, 2.24) is 0 Å². The number of hydrogen-bond acceptors (Lipinski definition) is 0. The molecule has 0 saturated heterocycles. The lowest BCUT2D eigenvalue weighted by atomic mass is 11.4. The van der Waals surface area contributed by atoms with E-state index in [0.717, 1.165) is 0 Å². The van der Waals surface area contributed by atoms with Crippen molar-refractivity contribution in [2.24, 2.45) is 0 Å². The maximum atomic E-state index is 5.68. The average molecular weight is 278 g/mol. The maximum Gasteiger partial charge on any atom is 0.191 e. The molecule has 0 aromatic rings. The average Bonchev–Trinajstić information content (AvgIpc) is 2.06. The third kappa shape index (κ3) is 1.50. The van der Waals surface area contributed by atoms with E-state index in [-0.39, 0.29) is 20.1 Å². The first-order valence-corrected chi connectivity index (χ1v) is 4.65. The molecule has 1 aliphatic rings. The molecule has 62 valence electrons. The van der Waals surface area contributed by atoms with Crippen LogP contribution in [0.2, 0.25) is 0 Å². The van der Waals surface area contributed by atoms with E-state index in [1.54, 1.807) is 0 Å². The van der Waals surface area contributed by atoms with Crippen molar-refractivity contribution in [3.8, 4) is 0 Å². The van der Waals surface area contributed by atoms with E-state index in [1.807, 2.05) is 0 Å². The third-order valence-corrected chi connectivity index (χ3v) is 4.26. The van der Waals surface area contributed by atoms with E-state index < -0.39 is 4.33 Å². The summed E-state index contributed by atoms with van der Waals surface area (Å²) in [7, 11) is 0. The van der Waals surface area contributed by atoms with Crippen LogP contribution in [0, 0.1) is 0 Å². The van der Waals surface area contributed by atoms with Crippen LogP contribution in [-0.4, -0.2) is 4.33 Å². The Morgan fingerprint density at radius 1 is 0.727 bits per heavy atom. The number of rotatable bonds is 0. The van der Waals surface area contributed by atoms with Gasteiger partial charge in [0.1, 0.15) is 0 Å². The molecule has 0 N–H and O–H groups in total. The largest absolute Gasteiger partial charge is 0.191 e. The molecule has 0 aromatic heterocycles. The second-order valence-corrected chi connectivity index (χ2v) is 4.67. The SMILES string of the molecule is Cl[13C]1=[13C](Cl)[13C](Cl)(Cl)[13C](Cl)=[13C]1Cl. The van der Waals surface area contributed by atoms with Crippen molar-refractivity contribution in [3.63, 3.8) is 0 Å². The minimum Gasteiger partial charge on any atom is -0.0888 e. The quantitative estimate of drug-likeness (QED) is 0.450. The normalized spacial score (nSPS) is 23.5. The van der Waals surface area contributed by atoms with Crippen molar-refractivity contribution >= 4 is 69.6 Å². The molecule has 0 amide bonds. The minimum absolute atomic E-state index is 0.0394. The molecule has 0 fully saturated rings. The van der Waals surface area contributed by atoms with Crippen LogP contribution in [0.4, 0.5) is 0 Å². The van der Waals surface area contributed by atoms with Gasteiger partial charge in [-0.3, -0.25) is 0 Å². The van der Waals surface area contributed by atoms with E-state index in [0.29, 0.717) is 0 Å². The zero-order valence-electron chi connectivity index (χ0n) is 4.77. The van der Waals surface area contributed by atoms with Crippen LogP contribution in [0.5, 0.6) is 0 Å². The Morgan fingerprint density at radius 2 is 1.00 bits per heavy atom. The molecule has 0 radical (unpaired) electrons. The summed E-state index contributed by atoms with van der Waals surface area (Å²) in [6.45, 7) is 0. The Labute approximate surface area is 93.6 Å². The van der Waals surface area contributed by atoms with Crippen molar-refractivity contribution < 1.29 is 0 Å². The predicted molar refractivity (Wildman–Crippen MR) is 51.9 cm³/mol. The Bertz CT molecular complexity index is 234. The lowest BCUT2D eigenvalue weighted by Crippen LogP contribution is -2.09. The summed E-state index contributed by atoms with van der Waals surface area (Å²) < 4.78 is -1.47. The Balaban J connectivity index is 3.27. The highest BCUT2D eigenvalue weighted by Crippen LogP contribution is 2.53. The number of hydrogen-bond donors (Lipinski definition) is 0. The summed E-state index contributed by atoms with van der Waals surface area (Å²) in [6.07, 6.45) is 0. The van der Waals surface area contributed by atoms with Crippen LogP contribution in [0.25, 0.3) is 0 Å². The lowest BCUT2D eigenvalue weighted by Gasteiger charge is -2.11. The van der Waals surface area contributed by atoms with Gasteiger partial charge in [-0.25, -0.2) is 0 Å². The lowest BCUT2D eigenvalue weighted by molar-refractivity contribution is 1.24. The van der Waals surface area contributed by atoms with Crippen molar-refractivity contribution in [2.45, 2.75) is 4.33 Å². The molecule has 6 heteroatoms. The molecule has 0 heterocycles. The predicted octanol–water partition coefficient (Wildman–Crippen LogP) is 4.55. The fraction of sp³-hybridized carbons (Fsp3) is 0.200. The Morgan fingerprint density at radius 3 is 1.09 bits per heavy atom. The third-order valence-electron chi connectivity index (χ3n) is 1.13. The highest BCUT2D eigenvalue weighted by atomic mass is 35.5. The molecule has 11 heavy (non-hydrogen) atoms. The van der Waals surface area contributed by atoms with Gasteiger partial charge in [0.15, 0.2) is 4.33 Å². The summed E-state index contributed by atoms with van der Waals surface area (Å²) in [5.41, 5.74) is 0. The van der Waals surface area contributed by atoms with Crippen molar-refractivity contribution in [1.29, 1.82) is 0 Å². The zero-order valence-corrected chi connectivity index (χ0v) is 9.30. The smallest absolute Gasteiger partial charge is 0.0888 e. The van der Waals surface area contributed by atoms with Crippen LogP contribution in [0.3, 0.4) is 0 Å². The molecule has 0 atom stereocenters. The first-order chi connectivity index (χ1) is 4.89. The van der Waals surface area contributed by atoms with Gasteiger partial charge in [-0.2, -0.15) is 0 Å². The van der Waals surface area contributed by atoms with Gasteiger partial charge in [-0.15, -0.1) is 0 Å². The van der Waals surface area contributed by atoms with Crippen LogP contribution in [0.15, 0.2) is 20.1 Å². The van der Waals surface area contributed by atoms with Crippen LogP contribution >= 0.6 is 69.6 Å². The minimum atomic E-state index is -1.47. The molecule has 0 bridgehead atoms. The van der Waals surface area contributed by atoms with Gasteiger partial charge < -0.3 is 0 Å². The summed E-state index contributed by atoms with van der Waals surface area (Å²) in [6, 6.07) is 0. The second kappa shape index (κ2) is 3.17. The van der Waals surface area contributed by atoms with Crippen LogP contribution in [0.1, 0.15) is 0 Å². The van der Waals surface area contributed by atoms with Gasteiger partial charge in [-0.1, -0.05) is 69.6 Å². The number of alkyl halides is 2. The summed E-state index contributed by atoms with van der Waals surface area (Å²) in [5, 5.41) is 0.279. The number of allylic oxidation sites excluding steroid dienone is 4. The topological polar surface area (TPSA) is 0 Å². The number of halogens is 6. The molecule has 1 aliphatic carbocycles. The Kier molecular flexibility index (Phi) is 2.97. The molecular weight excluding hydrogens is 278 g/mol. The fourth-order valence-electron chi connectivity index (χ4n) is 0.565. The highest BCUT2D eigenvalue weighted by molar-refractivity contribution is 6.67. The molecule has 0 spiro atoms. The Hall–Kier alpha value is 1.22. The van der Waals surface area contributed by atoms with E-state index in [2.05, 4.69) is 0 Å². The summed E-state index contributed by atoms with van der Waals surface area (Å²) in [5.74, 6) is 0. The standard InChI is InChI=1S/C5Cl6/c6-1-2(7)4(9)5(10,11)3(1)8/i1+1,2+1,3+1,4+1,5+1. The molecule has 0 nitrogen and oxygen atoms in total. The van der Waals surface area contributed by atoms with Gasteiger partial charge in [0, 0.05) is 0 Å². The van der Waals surface area contributed by atoms with E-state index in [9.17, 15) is 0 Å². The van der Waals surface area contributed by atoms with Crippen LogP contribution < -0.4 is 0 Å². The molecule has 1 rings (SSSR count). The van der Waals surface area contributed by atoms with E-state index in [4.69, 9.17) is 69.6 Å². The zero-order chi connectivity index (χ0) is 8.81. The van der Waals surface area contributed by atoms with Crippen molar-refractivity contribution in [3.05, 3.63) is 20.1 Å². The van der Waals surface area contributed by atoms with Crippen LogP contribution in [-0.2, 0) is 0 Å². The maximum absolute atomic E-state index is 5.68. The van der Waals surface area contributed by atoms with Gasteiger partial charge in [0.25, 0.3) is 0 Å². The summed E-state index contributed by atoms with van der Waals surface area (Å²) >= 11 is 33.8. The molecule has 0 aliphatic heterocycles. The van der Waals surface area contributed by atoms with Gasteiger partial charge >= 0.3 is 0 Å². The summed E-state index contributed by atoms with van der Waals surface area (Å²) in [4.78, 5) is 0. The molecule has 0 unspecified atom stereocenters.